The van der Waals surface area contributed by atoms with Crippen LogP contribution in [0.2, 0.25) is 0 Å². The van der Waals surface area contributed by atoms with Crippen molar-refractivity contribution < 1.29 is 60.9 Å². The fourth-order valence-electron chi connectivity index (χ4n) is 11.0. The van der Waals surface area contributed by atoms with E-state index in [1.54, 1.807) is 0 Å². The Morgan fingerprint density at radius 2 is 0.972 bits per heavy atom. The van der Waals surface area contributed by atoms with Crippen LogP contribution in [0.25, 0.3) is 0 Å². The Bertz CT molecular complexity index is 1980. The molecule has 0 aliphatic carbocycles. The molecule has 3 unspecified atom stereocenters. The number of esters is 3. The van der Waals surface area contributed by atoms with Gasteiger partial charge in [0.15, 0.2) is 0 Å². The number of ether oxygens (including phenoxy) is 4. The summed E-state index contributed by atoms with van der Waals surface area (Å²) < 4.78 is 58.1. The van der Waals surface area contributed by atoms with Crippen molar-refractivity contribution in [3.8, 4) is 0 Å². The Hall–Kier alpha value is -4.75. The fourth-order valence-corrected chi connectivity index (χ4v) is 11.0. The highest BCUT2D eigenvalue weighted by molar-refractivity contribution is 5.86. The third kappa shape index (κ3) is 18.1. The number of carboxylic acid groups (broad SMARTS) is 1. The van der Waals surface area contributed by atoms with E-state index in [2.05, 4.69) is 0 Å². The molecule has 3 aromatic rings. The number of carboxylic acids is 1. The molecular weight excluding hydrogens is 912 g/mol. The number of piperidine rings is 1. The predicted octanol–water partition coefficient (Wildman–Crippen LogP) is 12.7. The Balaban J connectivity index is 0.00000124. The second kappa shape index (κ2) is 28.5. The Morgan fingerprint density at radius 3 is 1.37 bits per heavy atom. The van der Waals surface area contributed by atoms with Gasteiger partial charge in [0, 0.05) is 56.9 Å². The molecule has 0 saturated carbocycles. The van der Waals surface area contributed by atoms with Gasteiger partial charge in [-0.15, -0.1) is 0 Å². The van der Waals surface area contributed by atoms with Crippen molar-refractivity contribution in [3.05, 3.63) is 108 Å². The molecule has 1 spiro atoms. The van der Waals surface area contributed by atoms with Crippen LogP contribution in [0.3, 0.4) is 0 Å². The lowest BCUT2D eigenvalue weighted by atomic mass is 9.85. The molecule has 3 heterocycles. The zero-order valence-electron chi connectivity index (χ0n) is 42.6. The Morgan fingerprint density at radius 1 is 0.592 bits per heavy atom. The summed E-state index contributed by atoms with van der Waals surface area (Å²) in [5.74, 6) is -3.88. The van der Waals surface area contributed by atoms with Gasteiger partial charge in [-0.25, -0.2) is 4.79 Å². The monoisotopic (exact) mass is 992 g/mol. The van der Waals surface area contributed by atoms with Gasteiger partial charge in [0.05, 0.1) is 25.2 Å². The van der Waals surface area contributed by atoms with Gasteiger partial charge in [-0.1, -0.05) is 181 Å². The van der Waals surface area contributed by atoms with Crippen LogP contribution in [-0.4, -0.2) is 71.4 Å². The third-order valence-electron chi connectivity index (χ3n) is 14.4. The minimum atomic E-state index is -5.19. The second-order valence-corrected chi connectivity index (χ2v) is 20.9. The SMILES string of the molecule is CC(C)(C)OC(=O)CCCCCCCCCCCCCCCCCCC(=O)OC(OC(C(=O)OC1CC2CCC(C1)[N+]21CCCC1)(c1ccccc1)c1ccccc1)c1ccccc1.O=C([O-])C(F)(F)F. The molecule has 3 aliphatic heterocycles. The van der Waals surface area contributed by atoms with E-state index in [1.165, 1.54) is 114 Å². The number of benzene rings is 3. The van der Waals surface area contributed by atoms with E-state index in [4.69, 9.17) is 28.8 Å². The number of nitrogens with zero attached hydrogens (tertiary/aromatic N) is 1. The molecule has 0 radical (unpaired) electrons. The summed E-state index contributed by atoms with van der Waals surface area (Å²) in [7, 11) is 0. The first-order valence-corrected chi connectivity index (χ1v) is 26.6. The number of unbranched alkanes of at least 4 members (excludes halogenated alkanes) is 15. The van der Waals surface area contributed by atoms with Gasteiger partial charge < -0.3 is 33.3 Å². The van der Waals surface area contributed by atoms with Crippen molar-refractivity contribution in [2.45, 2.75) is 217 Å². The van der Waals surface area contributed by atoms with Gasteiger partial charge in [-0.05, 0) is 44.7 Å². The number of quaternary nitrogens is 1. The molecule has 3 aromatic carbocycles. The number of halogens is 3. The number of alkyl halides is 3. The van der Waals surface area contributed by atoms with Gasteiger partial charge in [0.25, 0.3) is 0 Å². The van der Waals surface area contributed by atoms with Crippen LogP contribution in [0.15, 0.2) is 91.0 Å². The maximum Gasteiger partial charge on any atom is 0.430 e. The first-order valence-electron chi connectivity index (χ1n) is 26.6. The van der Waals surface area contributed by atoms with E-state index in [0.717, 1.165) is 44.9 Å². The molecule has 392 valence electrons. The molecule has 3 saturated heterocycles. The van der Waals surface area contributed by atoms with Crippen LogP contribution in [-0.2, 0) is 43.7 Å². The van der Waals surface area contributed by atoms with Crippen molar-refractivity contribution in [1.29, 1.82) is 0 Å². The van der Waals surface area contributed by atoms with E-state index in [1.807, 2.05) is 112 Å². The zero-order valence-corrected chi connectivity index (χ0v) is 42.6. The summed E-state index contributed by atoms with van der Waals surface area (Å²) in [6, 6.07) is 29.8. The summed E-state index contributed by atoms with van der Waals surface area (Å²) in [6.07, 6.45) is 19.9. The predicted molar refractivity (Wildman–Crippen MR) is 265 cm³/mol. The molecule has 13 heteroatoms. The van der Waals surface area contributed by atoms with E-state index in [9.17, 15) is 22.8 Å². The lowest BCUT2D eigenvalue weighted by Gasteiger charge is -2.47. The average molecular weight is 992 g/mol. The molecule has 6 rings (SSSR count). The van der Waals surface area contributed by atoms with E-state index >= 15 is 4.79 Å². The minimum Gasteiger partial charge on any atom is -0.542 e. The first kappa shape index (κ1) is 57.2. The summed E-state index contributed by atoms with van der Waals surface area (Å²) in [5.41, 5.74) is -0.116. The Labute approximate surface area is 420 Å². The van der Waals surface area contributed by atoms with Gasteiger partial charge >= 0.3 is 24.1 Å². The highest BCUT2D eigenvalue weighted by Gasteiger charge is 2.57. The van der Waals surface area contributed by atoms with E-state index in [-0.39, 0.29) is 30.1 Å². The molecule has 0 N–H and O–H groups in total. The standard InChI is InChI=1S/C56H80NO7.C2HF3O2/c1-55(2,3)63-52(59)38-28-17-15-13-11-9-7-5-4-6-8-10-12-14-16-27-37-51(58)62-53(45-31-21-18-22-32-45)64-56(46-33-23-19-24-34-46,47-35-25-20-26-36-47)54(60)61-50-43-48-39-40-49(44-50)57(48)41-29-30-42-57;3-2(4,5)1(6)7/h18-26,31-36,48-50,53H,4-17,27-30,37-44H2,1-3H3;(H,6,7)/q+1;/p-1. The van der Waals surface area contributed by atoms with Gasteiger partial charge in [-0.2, -0.15) is 13.2 Å². The number of aliphatic carboxylic acids is 1. The Kier molecular flexibility index (Phi) is 22.9. The summed E-state index contributed by atoms with van der Waals surface area (Å²) in [6.45, 7) is 8.27. The van der Waals surface area contributed by atoms with Crippen LogP contribution >= 0.6 is 0 Å². The number of hydrogen-bond donors (Lipinski definition) is 0. The molecule has 71 heavy (non-hydrogen) atoms. The number of carbonyl (C=O) groups is 4. The van der Waals surface area contributed by atoms with Gasteiger partial charge in [0.1, 0.15) is 17.7 Å². The largest absolute Gasteiger partial charge is 0.542 e. The smallest absolute Gasteiger partial charge is 0.430 e. The molecule has 2 bridgehead atoms. The molecular formula is C58H80F3NO9. The molecule has 0 aromatic heterocycles. The average Bonchev–Trinajstić information content (AvgIpc) is 3.89. The lowest BCUT2D eigenvalue weighted by Crippen LogP contribution is -2.60. The number of hydrogen-bond acceptors (Lipinski definition) is 9. The topological polar surface area (TPSA) is 128 Å². The van der Waals surface area contributed by atoms with E-state index in [0.29, 0.717) is 35.2 Å². The summed E-state index contributed by atoms with van der Waals surface area (Å²) >= 11 is 0. The zero-order chi connectivity index (χ0) is 51.2. The van der Waals surface area contributed by atoms with Gasteiger partial charge in [-0.3, -0.25) is 9.59 Å². The van der Waals surface area contributed by atoms with Crippen molar-refractivity contribution in [3.63, 3.8) is 0 Å². The summed E-state index contributed by atoms with van der Waals surface area (Å²) in [5, 5.41) is 8.78. The number of rotatable bonds is 27. The van der Waals surface area contributed by atoms with Gasteiger partial charge in [0.2, 0.25) is 11.9 Å². The fraction of sp³-hybridized carbons (Fsp3) is 0.621. The molecule has 10 nitrogen and oxygen atoms in total. The highest BCUT2D eigenvalue weighted by Crippen LogP contribution is 2.48. The highest BCUT2D eigenvalue weighted by atomic mass is 19.4. The lowest BCUT2D eigenvalue weighted by molar-refractivity contribution is -0.956. The molecule has 0 amide bonds. The maximum atomic E-state index is 15.1. The summed E-state index contributed by atoms with van der Waals surface area (Å²) in [4.78, 5) is 49.4. The van der Waals surface area contributed by atoms with E-state index < -0.39 is 30.0 Å². The van der Waals surface area contributed by atoms with Crippen molar-refractivity contribution in [2.24, 2.45) is 0 Å². The van der Waals surface area contributed by atoms with Crippen LogP contribution in [0, 0.1) is 0 Å². The van der Waals surface area contributed by atoms with Crippen molar-refractivity contribution in [2.75, 3.05) is 13.1 Å². The van der Waals surface area contributed by atoms with Crippen LogP contribution < -0.4 is 5.11 Å². The van der Waals surface area contributed by atoms with Crippen molar-refractivity contribution in [1.82, 2.24) is 0 Å². The maximum absolute atomic E-state index is 15.1. The van der Waals surface area contributed by atoms with Crippen LogP contribution in [0.5, 0.6) is 0 Å². The minimum absolute atomic E-state index is 0.0756. The second-order valence-electron chi connectivity index (χ2n) is 20.9. The molecule has 3 fully saturated rings. The van der Waals surface area contributed by atoms with Crippen molar-refractivity contribution >= 4 is 23.9 Å². The normalized spacial score (nSPS) is 18.8. The quantitative estimate of drug-likeness (QED) is 0.0241. The van der Waals surface area contributed by atoms with Crippen LogP contribution in [0.4, 0.5) is 13.2 Å². The van der Waals surface area contributed by atoms with Crippen LogP contribution in [0.1, 0.15) is 198 Å². The third-order valence-corrected chi connectivity index (χ3v) is 14.4. The number of carbonyl (C=O) groups excluding carboxylic acids is 4. The molecule has 3 atom stereocenters. The first-order chi connectivity index (χ1) is 34.0. The molecule has 3 aliphatic rings.